The van der Waals surface area contributed by atoms with Crippen LogP contribution in [-0.4, -0.2) is 34.1 Å². The molecule has 0 bridgehead atoms. The van der Waals surface area contributed by atoms with E-state index in [0.29, 0.717) is 18.8 Å². The molecular formula is C31H31N3O3. The lowest BCUT2D eigenvalue weighted by molar-refractivity contribution is -0.139. The average Bonchev–Trinajstić information content (AvgIpc) is 2.95. The molecule has 4 aromatic rings. The normalized spacial score (nSPS) is 10.6. The van der Waals surface area contributed by atoms with E-state index in [1.54, 1.807) is 19.3 Å². The SMILES string of the molecule is C=C(C)C(=O)OCCCCCCOc1ccc(-c2cc(-c3ccccn3)nc(-c3ccccn3)c2)cc1. The minimum Gasteiger partial charge on any atom is -0.494 e. The first kappa shape index (κ1) is 25.8. The molecule has 0 aliphatic rings. The number of hydrogen-bond donors (Lipinski definition) is 0. The highest BCUT2D eigenvalue weighted by atomic mass is 16.5. The number of aromatic nitrogens is 3. The van der Waals surface area contributed by atoms with E-state index in [2.05, 4.69) is 40.8 Å². The Hall–Kier alpha value is -4.32. The van der Waals surface area contributed by atoms with Gasteiger partial charge in [-0.15, -0.1) is 0 Å². The first-order valence-corrected chi connectivity index (χ1v) is 12.5. The number of nitrogens with zero attached hydrogens (tertiary/aromatic N) is 3. The molecule has 0 aliphatic carbocycles. The monoisotopic (exact) mass is 493 g/mol. The number of esters is 1. The molecule has 1 aromatic carbocycles. The summed E-state index contributed by atoms with van der Waals surface area (Å²) in [5.41, 5.74) is 5.77. The van der Waals surface area contributed by atoms with Crippen molar-refractivity contribution in [1.29, 1.82) is 0 Å². The van der Waals surface area contributed by atoms with Crippen molar-refractivity contribution in [3.63, 3.8) is 0 Å². The number of carbonyl (C=O) groups is 1. The zero-order valence-electron chi connectivity index (χ0n) is 21.1. The molecule has 188 valence electrons. The van der Waals surface area contributed by atoms with E-state index in [9.17, 15) is 4.79 Å². The quantitative estimate of drug-likeness (QED) is 0.121. The molecule has 0 unspecified atom stereocenters. The second-order valence-electron chi connectivity index (χ2n) is 8.76. The first-order chi connectivity index (χ1) is 18.1. The lowest BCUT2D eigenvalue weighted by Crippen LogP contribution is -2.06. The smallest absolute Gasteiger partial charge is 0.333 e. The maximum absolute atomic E-state index is 11.4. The minimum atomic E-state index is -0.320. The maximum atomic E-state index is 11.4. The molecular weight excluding hydrogens is 462 g/mol. The van der Waals surface area contributed by atoms with Crippen molar-refractivity contribution in [2.75, 3.05) is 13.2 Å². The second-order valence-corrected chi connectivity index (χ2v) is 8.76. The fourth-order valence-electron chi connectivity index (χ4n) is 3.77. The van der Waals surface area contributed by atoms with Gasteiger partial charge in [-0.05, 0) is 92.3 Å². The molecule has 0 aliphatic heterocycles. The van der Waals surface area contributed by atoms with Crippen molar-refractivity contribution in [2.24, 2.45) is 0 Å². The van der Waals surface area contributed by atoms with E-state index < -0.39 is 0 Å². The number of benzene rings is 1. The van der Waals surface area contributed by atoms with Crippen LogP contribution in [0.1, 0.15) is 32.6 Å². The Morgan fingerprint density at radius 2 is 1.32 bits per heavy atom. The fourth-order valence-corrected chi connectivity index (χ4v) is 3.77. The topological polar surface area (TPSA) is 74.2 Å². The Morgan fingerprint density at radius 3 is 1.86 bits per heavy atom. The highest BCUT2D eigenvalue weighted by Crippen LogP contribution is 2.30. The number of pyridine rings is 3. The van der Waals surface area contributed by atoms with Gasteiger partial charge in [-0.2, -0.15) is 0 Å². The van der Waals surface area contributed by atoms with Crippen LogP contribution in [0.3, 0.4) is 0 Å². The van der Waals surface area contributed by atoms with Crippen molar-refractivity contribution in [3.8, 4) is 39.7 Å². The van der Waals surface area contributed by atoms with Gasteiger partial charge in [0.15, 0.2) is 0 Å². The predicted octanol–water partition coefficient (Wildman–Crippen LogP) is 6.93. The van der Waals surface area contributed by atoms with Crippen LogP contribution in [-0.2, 0) is 9.53 Å². The largest absolute Gasteiger partial charge is 0.494 e. The van der Waals surface area contributed by atoms with Crippen molar-refractivity contribution in [2.45, 2.75) is 32.6 Å². The summed E-state index contributed by atoms with van der Waals surface area (Å²) < 4.78 is 11.0. The van der Waals surface area contributed by atoms with Crippen LogP contribution in [0, 0.1) is 0 Å². The molecule has 37 heavy (non-hydrogen) atoms. The number of rotatable bonds is 12. The zero-order valence-corrected chi connectivity index (χ0v) is 21.1. The van der Waals surface area contributed by atoms with E-state index in [1.807, 2.05) is 48.5 Å². The third-order valence-corrected chi connectivity index (χ3v) is 5.76. The zero-order chi connectivity index (χ0) is 25.9. The summed E-state index contributed by atoms with van der Waals surface area (Å²) in [5.74, 6) is 0.516. The van der Waals surface area contributed by atoms with Crippen LogP contribution in [0.25, 0.3) is 33.9 Å². The van der Waals surface area contributed by atoms with Gasteiger partial charge in [-0.3, -0.25) is 9.97 Å². The Morgan fingerprint density at radius 1 is 0.730 bits per heavy atom. The Kier molecular flexibility index (Phi) is 9.13. The molecule has 0 amide bonds. The maximum Gasteiger partial charge on any atom is 0.333 e. The number of hydrogen-bond acceptors (Lipinski definition) is 6. The van der Waals surface area contributed by atoms with Gasteiger partial charge < -0.3 is 9.47 Å². The van der Waals surface area contributed by atoms with Crippen LogP contribution in [0.4, 0.5) is 0 Å². The molecule has 0 saturated carbocycles. The summed E-state index contributed by atoms with van der Waals surface area (Å²) in [6.07, 6.45) is 7.35. The molecule has 0 spiro atoms. The van der Waals surface area contributed by atoms with Crippen LogP contribution in [0.15, 0.2) is 97.3 Å². The molecule has 0 N–H and O–H groups in total. The lowest BCUT2D eigenvalue weighted by atomic mass is 10.0. The molecule has 0 radical (unpaired) electrons. The lowest BCUT2D eigenvalue weighted by Gasteiger charge is -2.11. The van der Waals surface area contributed by atoms with Crippen LogP contribution >= 0.6 is 0 Å². The van der Waals surface area contributed by atoms with Gasteiger partial charge in [0, 0.05) is 18.0 Å². The summed E-state index contributed by atoms with van der Waals surface area (Å²) in [4.78, 5) is 25.2. The molecule has 3 aromatic heterocycles. The van der Waals surface area contributed by atoms with Gasteiger partial charge in [-0.25, -0.2) is 9.78 Å². The highest BCUT2D eigenvalue weighted by Gasteiger charge is 2.10. The van der Waals surface area contributed by atoms with E-state index in [-0.39, 0.29) is 5.97 Å². The Bertz CT molecular complexity index is 1250. The second kappa shape index (κ2) is 13.1. The van der Waals surface area contributed by atoms with Gasteiger partial charge in [0.2, 0.25) is 0 Å². The third-order valence-electron chi connectivity index (χ3n) is 5.76. The van der Waals surface area contributed by atoms with E-state index in [0.717, 1.165) is 65.3 Å². The van der Waals surface area contributed by atoms with Gasteiger partial charge in [0.1, 0.15) is 5.75 Å². The van der Waals surface area contributed by atoms with Crippen molar-refractivity contribution >= 4 is 5.97 Å². The van der Waals surface area contributed by atoms with E-state index >= 15 is 0 Å². The van der Waals surface area contributed by atoms with Crippen LogP contribution in [0.2, 0.25) is 0 Å². The molecule has 0 fully saturated rings. The van der Waals surface area contributed by atoms with Crippen LogP contribution < -0.4 is 4.74 Å². The van der Waals surface area contributed by atoms with Gasteiger partial charge in [0.25, 0.3) is 0 Å². The predicted molar refractivity (Wildman–Crippen MR) is 146 cm³/mol. The average molecular weight is 494 g/mol. The van der Waals surface area contributed by atoms with Gasteiger partial charge in [-0.1, -0.05) is 30.8 Å². The number of ether oxygens (including phenoxy) is 2. The first-order valence-electron chi connectivity index (χ1n) is 12.5. The summed E-state index contributed by atoms with van der Waals surface area (Å²) in [6, 6.07) is 23.8. The van der Waals surface area contributed by atoms with Gasteiger partial charge >= 0.3 is 5.97 Å². The minimum absolute atomic E-state index is 0.320. The van der Waals surface area contributed by atoms with Crippen molar-refractivity contribution in [1.82, 2.24) is 15.0 Å². The fraction of sp³-hybridized carbons (Fsp3) is 0.226. The molecule has 0 saturated heterocycles. The summed E-state index contributed by atoms with van der Waals surface area (Å²) in [6.45, 7) is 6.32. The highest BCUT2D eigenvalue weighted by molar-refractivity contribution is 5.86. The summed E-state index contributed by atoms with van der Waals surface area (Å²) in [7, 11) is 0. The molecule has 6 nitrogen and oxygen atoms in total. The number of carbonyl (C=O) groups excluding carboxylic acids is 1. The number of unbranched alkanes of at least 4 members (excludes halogenated alkanes) is 3. The Labute approximate surface area is 218 Å². The molecule has 0 atom stereocenters. The molecule has 6 heteroatoms. The Balaban J connectivity index is 1.36. The molecule has 3 heterocycles. The van der Waals surface area contributed by atoms with Gasteiger partial charge in [0.05, 0.1) is 36.0 Å². The van der Waals surface area contributed by atoms with E-state index in [1.165, 1.54) is 0 Å². The summed E-state index contributed by atoms with van der Waals surface area (Å²) in [5, 5.41) is 0. The van der Waals surface area contributed by atoms with Crippen LogP contribution in [0.5, 0.6) is 5.75 Å². The van der Waals surface area contributed by atoms with Crippen molar-refractivity contribution in [3.05, 3.63) is 97.3 Å². The summed E-state index contributed by atoms with van der Waals surface area (Å²) >= 11 is 0. The third kappa shape index (κ3) is 7.58. The molecule has 4 rings (SSSR count). The standard InChI is InChI=1S/C31H31N3O3/c1-23(2)31(35)37-20-10-4-3-9-19-36-26-15-13-24(14-16-26)25-21-29(27-11-5-7-17-32-27)34-30(22-25)28-12-6-8-18-33-28/h5-8,11-18,21-22H,1,3-4,9-10,19-20H2,2H3. The van der Waals surface area contributed by atoms with Crippen molar-refractivity contribution < 1.29 is 14.3 Å². The van der Waals surface area contributed by atoms with E-state index in [4.69, 9.17) is 14.5 Å².